The minimum absolute atomic E-state index is 0.0521. The Morgan fingerprint density at radius 2 is 1.73 bits per heavy atom. The Kier molecular flexibility index (Phi) is 7.33. The van der Waals surface area contributed by atoms with Gasteiger partial charge in [-0.05, 0) is 17.5 Å². The van der Waals surface area contributed by atoms with Crippen LogP contribution in [-0.4, -0.2) is 18.5 Å². The van der Waals surface area contributed by atoms with E-state index in [9.17, 15) is 14.0 Å². The minimum Gasteiger partial charge on any atom is -0.455 e. The van der Waals surface area contributed by atoms with Crippen molar-refractivity contribution in [3.8, 4) is 0 Å². The van der Waals surface area contributed by atoms with Crippen molar-refractivity contribution in [2.75, 3.05) is 6.61 Å². The van der Waals surface area contributed by atoms with E-state index >= 15 is 0 Å². The quantitative estimate of drug-likeness (QED) is 0.731. The number of rotatable bonds is 8. The van der Waals surface area contributed by atoms with Gasteiger partial charge in [-0.15, -0.1) is 0 Å². The number of nitrogens with one attached hydrogen (secondary N) is 1. The van der Waals surface area contributed by atoms with Gasteiger partial charge in [-0.25, -0.2) is 4.39 Å². The Morgan fingerprint density at radius 1 is 1.08 bits per heavy atom. The number of halogens is 1. The molecule has 0 saturated carbocycles. The summed E-state index contributed by atoms with van der Waals surface area (Å²) in [6.07, 6.45) is 0.814. The molecule has 0 unspecified atom stereocenters. The van der Waals surface area contributed by atoms with Crippen molar-refractivity contribution >= 4 is 11.9 Å². The van der Waals surface area contributed by atoms with E-state index in [1.54, 1.807) is 18.2 Å². The maximum Gasteiger partial charge on any atom is 0.314 e. The highest BCUT2D eigenvalue weighted by molar-refractivity contribution is 5.83. The first-order valence-electron chi connectivity index (χ1n) is 8.74. The summed E-state index contributed by atoms with van der Waals surface area (Å²) >= 11 is 0. The van der Waals surface area contributed by atoms with E-state index in [1.807, 2.05) is 44.2 Å². The molecule has 4 nitrogen and oxygen atoms in total. The van der Waals surface area contributed by atoms with Crippen LogP contribution in [0.5, 0.6) is 0 Å². The third-order valence-corrected chi connectivity index (χ3v) is 4.40. The summed E-state index contributed by atoms with van der Waals surface area (Å²) in [4.78, 5) is 24.4. The number of amides is 1. The topological polar surface area (TPSA) is 55.4 Å². The second kappa shape index (κ2) is 9.70. The smallest absolute Gasteiger partial charge is 0.314 e. The first-order chi connectivity index (χ1) is 12.5. The first kappa shape index (κ1) is 19.6. The van der Waals surface area contributed by atoms with Crippen LogP contribution in [0.25, 0.3) is 0 Å². The molecular formula is C21H24FNO3. The van der Waals surface area contributed by atoms with E-state index < -0.39 is 17.8 Å². The lowest BCUT2D eigenvalue weighted by Gasteiger charge is -2.21. The zero-order chi connectivity index (χ0) is 18.9. The van der Waals surface area contributed by atoms with Gasteiger partial charge in [0.15, 0.2) is 6.61 Å². The number of esters is 1. The fourth-order valence-electron chi connectivity index (χ4n) is 2.71. The zero-order valence-electron chi connectivity index (χ0n) is 15.1. The Morgan fingerprint density at radius 3 is 2.38 bits per heavy atom. The van der Waals surface area contributed by atoms with Crippen LogP contribution >= 0.6 is 0 Å². The van der Waals surface area contributed by atoms with Gasteiger partial charge >= 0.3 is 5.97 Å². The van der Waals surface area contributed by atoms with Gasteiger partial charge < -0.3 is 10.1 Å². The molecule has 0 bridgehead atoms. The molecule has 0 spiro atoms. The van der Waals surface area contributed by atoms with Crippen LogP contribution in [0, 0.1) is 11.7 Å². The van der Waals surface area contributed by atoms with E-state index in [-0.39, 0.29) is 24.9 Å². The Balaban J connectivity index is 1.91. The second-order valence-electron chi connectivity index (χ2n) is 6.25. The molecule has 0 radical (unpaired) electrons. The lowest BCUT2D eigenvalue weighted by Crippen LogP contribution is -2.31. The van der Waals surface area contributed by atoms with Crippen LogP contribution in [0.3, 0.4) is 0 Å². The number of carbonyl (C=O) groups excluding carboxylic acids is 2. The highest BCUT2D eigenvalue weighted by Gasteiger charge is 2.27. The van der Waals surface area contributed by atoms with Gasteiger partial charge in [0.25, 0.3) is 5.91 Å². The largest absolute Gasteiger partial charge is 0.455 e. The van der Waals surface area contributed by atoms with Crippen LogP contribution in [0.15, 0.2) is 54.6 Å². The van der Waals surface area contributed by atoms with Crippen LogP contribution in [0.1, 0.15) is 37.3 Å². The molecule has 1 amide bonds. The third-order valence-electron chi connectivity index (χ3n) is 4.40. The summed E-state index contributed by atoms with van der Waals surface area (Å²) in [6.45, 7) is 3.66. The molecule has 2 rings (SSSR count). The number of hydrogen-bond acceptors (Lipinski definition) is 3. The van der Waals surface area contributed by atoms with Gasteiger partial charge in [0, 0.05) is 12.1 Å². The van der Waals surface area contributed by atoms with Gasteiger partial charge in [-0.2, -0.15) is 0 Å². The fraction of sp³-hybridized carbons (Fsp3) is 0.333. The van der Waals surface area contributed by atoms with Crippen molar-refractivity contribution in [2.45, 2.75) is 32.7 Å². The Hall–Kier alpha value is -2.69. The number of hydrogen-bond donors (Lipinski definition) is 1. The molecule has 0 aromatic heterocycles. The summed E-state index contributed by atoms with van der Waals surface area (Å²) < 4.78 is 18.8. The summed E-state index contributed by atoms with van der Waals surface area (Å²) in [5.41, 5.74) is 1.26. The molecule has 0 aliphatic rings. The second-order valence-corrected chi connectivity index (χ2v) is 6.25. The summed E-state index contributed by atoms with van der Waals surface area (Å²) in [6, 6.07) is 15.6. The first-order valence-corrected chi connectivity index (χ1v) is 8.74. The van der Waals surface area contributed by atoms with Gasteiger partial charge in [0.05, 0.1) is 5.92 Å². The molecule has 138 valence electrons. The summed E-state index contributed by atoms with van der Waals surface area (Å²) in [5, 5.41) is 2.56. The van der Waals surface area contributed by atoms with Crippen molar-refractivity contribution in [3.05, 3.63) is 71.5 Å². The predicted octanol–water partition coefficient (Wildman–Crippen LogP) is 3.82. The molecule has 2 atom stereocenters. The fourth-order valence-corrected chi connectivity index (χ4v) is 2.71. The SMILES string of the molecule is CC[C@H](C)[C@@H](C(=O)OCC(=O)NCc1ccccc1F)c1ccccc1. The van der Waals surface area contributed by atoms with Gasteiger partial charge in [-0.1, -0.05) is 68.8 Å². The molecule has 5 heteroatoms. The molecule has 0 aliphatic heterocycles. The van der Waals surface area contributed by atoms with Gasteiger partial charge in [-0.3, -0.25) is 9.59 Å². The standard InChI is InChI=1S/C21H24FNO3/c1-3-15(2)20(16-9-5-4-6-10-16)21(25)26-14-19(24)23-13-17-11-7-8-12-18(17)22/h4-12,15,20H,3,13-14H2,1-2H3,(H,23,24)/t15-,20+/m0/s1. The van der Waals surface area contributed by atoms with Crippen molar-refractivity contribution in [3.63, 3.8) is 0 Å². The molecule has 0 fully saturated rings. The normalized spacial score (nSPS) is 12.9. The van der Waals surface area contributed by atoms with Crippen LogP contribution in [0.2, 0.25) is 0 Å². The summed E-state index contributed by atoms with van der Waals surface area (Å²) in [7, 11) is 0. The molecular weight excluding hydrogens is 333 g/mol. The average molecular weight is 357 g/mol. The van der Waals surface area contributed by atoms with Crippen LogP contribution in [0.4, 0.5) is 4.39 Å². The zero-order valence-corrected chi connectivity index (χ0v) is 15.1. The molecule has 0 aliphatic carbocycles. The summed E-state index contributed by atoms with van der Waals surface area (Å²) in [5.74, 6) is -1.60. The van der Waals surface area contributed by atoms with Gasteiger partial charge in [0.1, 0.15) is 5.82 Å². The van der Waals surface area contributed by atoms with E-state index in [1.165, 1.54) is 6.07 Å². The van der Waals surface area contributed by atoms with Crippen molar-refractivity contribution in [2.24, 2.45) is 5.92 Å². The number of carbonyl (C=O) groups is 2. The van der Waals surface area contributed by atoms with E-state index in [4.69, 9.17) is 4.74 Å². The lowest BCUT2D eigenvalue weighted by atomic mass is 9.86. The Labute approximate surface area is 153 Å². The van der Waals surface area contributed by atoms with Crippen molar-refractivity contribution < 1.29 is 18.7 Å². The van der Waals surface area contributed by atoms with Crippen LogP contribution < -0.4 is 5.32 Å². The molecule has 0 saturated heterocycles. The minimum atomic E-state index is -0.461. The van der Waals surface area contributed by atoms with E-state index in [0.29, 0.717) is 5.56 Å². The molecule has 0 heterocycles. The van der Waals surface area contributed by atoms with Crippen molar-refractivity contribution in [1.82, 2.24) is 5.32 Å². The predicted molar refractivity (Wildman–Crippen MR) is 97.8 cm³/mol. The molecule has 26 heavy (non-hydrogen) atoms. The molecule has 2 aromatic carbocycles. The van der Waals surface area contributed by atoms with E-state index in [0.717, 1.165) is 12.0 Å². The molecule has 2 aromatic rings. The van der Waals surface area contributed by atoms with E-state index in [2.05, 4.69) is 5.32 Å². The number of ether oxygens (including phenoxy) is 1. The van der Waals surface area contributed by atoms with Crippen LogP contribution in [-0.2, 0) is 20.9 Å². The lowest BCUT2D eigenvalue weighted by molar-refractivity contribution is -0.151. The Bertz CT molecular complexity index is 733. The number of benzene rings is 2. The highest BCUT2D eigenvalue weighted by Crippen LogP contribution is 2.28. The molecule has 1 N–H and O–H groups in total. The average Bonchev–Trinajstić information content (AvgIpc) is 2.66. The maximum absolute atomic E-state index is 13.5. The van der Waals surface area contributed by atoms with Crippen molar-refractivity contribution in [1.29, 1.82) is 0 Å². The maximum atomic E-state index is 13.5. The highest BCUT2D eigenvalue weighted by atomic mass is 19.1. The van der Waals surface area contributed by atoms with Gasteiger partial charge in [0.2, 0.25) is 0 Å². The third kappa shape index (κ3) is 5.41. The monoisotopic (exact) mass is 357 g/mol.